The van der Waals surface area contributed by atoms with Crippen molar-refractivity contribution in [3.63, 3.8) is 0 Å². The zero-order valence-electron chi connectivity index (χ0n) is 4.58. The van der Waals surface area contributed by atoms with E-state index in [1.807, 2.05) is 0 Å². The first-order chi connectivity index (χ1) is 4.09. The van der Waals surface area contributed by atoms with Gasteiger partial charge in [0.1, 0.15) is 0 Å². The maximum Gasteiger partial charge on any atom is 0.386 e. The molecule has 0 bridgehead atoms. The summed E-state index contributed by atoms with van der Waals surface area (Å²) in [6.45, 7) is 0. The van der Waals surface area contributed by atoms with Gasteiger partial charge in [-0.25, -0.2) is 9.59 Å². The topological polar surface area (TPSA) is 80.7 Å². The lowest BCUT2D eigenvalue weighted by atomic mass is 10.4. The van der Waals surface area contributed by atoms with E-state index in [4.69, 9.17) is 5.11 Å². The van der Waals surface area contributed by atoms with Gasteiger partial charge in [-0.05, 0) is 0 Å². The van der Waals surface area contributed by atoms with Crippen LogP contribution in [0.15, 0.2) is 0 Å². The summed E-state index contributed by atoms with van der Waals surface area (Å²) in [6, 6.07) is 0. The van der Waals surface area contributed by atoms with Crippen LogP contribution in [0, 0.1) is 0 Å². The van der Waals surface area contributed by atoms with Crippen molar-refractivity contribution >= 4 is 17.7 Å². The van der Waals surface area contributed by atoms with Crippen molar-refractivity contribution < 1.29 is 24.2 Å². The van der Waals surface area contributed by atoms with Crippen LogP contribution in [0.4, 0.5) is 0 Å². The number of carboxylic acid groups (broad SMARTS) is 1. The molecule has 5 heteroatoms. The molecule has 0 radical (unpaired) electrons. The number of methoxy groups -OCH3 is 1. The van der Waals surface area contributed by atoms with Gasteiger partial charge in [-0.1, -0.05) is 0 Å². The van der Waals surface area contributed by atoms with E-state index in [-0.39, 0.29) is 0 Å². The van der Waals surface area contributed by atoms with E-state index in [9.17, 15) is 14.4 Å². The van der Waals surface area contributed by atoms with Crippen molar-refractivity contribution in [3.05, 3.63) is 0 Å². The van der Waals surface area contributed by atoms with Gasteiger partial charge in [-0.15, -0.1) is 0 Å². The Bertz CT molecular complexity index is 158. The smallest absolute Gasteiger partial charge is 0.386 e. The van der Waals surface area contributed by atoms with Gasteiger partial charge in [0.15, 0.2) is 0 Å². The molecule has 0 amide bonds. The van der Waals surface area contributed by atoms with Gasteiger partial charge >= 0.3 is 17.7 Å². The third-order valence-electron chi connectivity index (χ3n) is 0.565. The van der Waals surface area contributed by atoms with Crippen molar-refractivity contribution in [2.75, 3.05) is 7.11 Å². The van der Waals surface area contributed by atoms with Gasteiger partial charge < -0.3 is 9.84 Å². The largest absolute Gasteiger partial charge is 0.475 e. The number of Topliss-reactive ketones (excluding diaryl/α,β-unsaturated/α-hetero) is 1. The second kappa shape index (κ2) is 2.81. The number of carboxylic acids is 1. The first-order valence-corrected chi connectivity index (χ1v) is 1.95. The second-order valence-electron chi connectivity index (χ2n) is 1.13. The number of carbonyl (C=O) groups excluding carboxylic acids is 2. The molecule has 0 spiro atoms. The lowest BCUT2D eigenvalue weighted by Gasteiger charge is -1.89. The van der Waals surface area contributed by atoms with Crippen molar-refractivity contribution in [3.8, 4) is 0 Å². The zero-order valence-corrected chi connectivity index (χ0v) is 4.58. The molecule has 0 atom stereocenters. The quantitative estimate of drug-likeness (QED) is 0.290. The Hall–Kier alpha value is -1.39. The van der Waals surface area contributed by atoms with Crippen LogP contribution in [-0.2, 0) is 19.1 Å². The maximum absolute atomic E-state index is 10.0. The monoisotopic (exact) mass is 132 g/mol. The Balaban J connectivity index is 4.05. The minimum absolute atomic E-state index is 0.934. The van der Waals surface area contributed by atoms with Crippen LogP contribution in [0.1, 0.15) is 0 Å². The highest BCUT2D eigenvalue weighted by molar-refractivity contribution is 6.59. The Morgan fingerprint density at radius 3 is 1.89 bits per heavy atom. The Morgan fingerprint density at radius 1 is 1.33 bits per heavy atom. The predicted molar refractivity (Wildman–Crippen MR) is 24.7 cm³/mol. The molecule has 0 saturated heterocycles. The fraction of sp³-hybridized carbons (Fsp3) is 0.250. The Morgan fingerprint density at radius 2 is 1.78 bits per heavy atom. The van der Waals surface area contributed by atoms with Crippen molar-refractivity contribution in [1.29, 1.82) is 0 Å². The first-order valence-electron chi connectivity index (χ1n) is 1.95. The molecule has 0 aromatic rings. The predicted octanol–water partition coefficient (Wildman–Crippen LogP) is -1.19. The van der Waals surface area contributed by atoms with E-state index in [1.165, 1.54) is 0 Å². The summed E-state index contributed by atoms with van der Waals surface area (Å²) < 4.78 is 3.80. The molecule has 0 aliphatic rings. The van der Waals surface area contributed by atoms with E-state index in [2.05, 4.69) is 4.74 Å². The molecule has 1 N–H and O–H groups in total. The lowest BCUT2D eigenvalue weighted by molar-refractivity contribution is -0.160. The van der Waals surface area contributed by atoms with Crippen LogP contribution in [0.25, 0.3) is 0 Å². The fourth-order valence-electron chi connectivity index (χ4n) is 0.180. The number of aliphatic carboxylic acids is 1. The highest BCUT2D eigenvalue weighted by Gasteiger charge is 2.21. The number of carbonyl (C=O) groups is 3. The number of rotatable bonds is 2. The highest BCUT2D eigenvalue weighted by atomic mass is 16.5. The van der Waals surface area contributed by atoms with Gasteiger partial charge in [0, 0.05) is 0 Å². The summed E-state index contributed by atoms with van der Waals surface area (Å²) in [5, 5.41) is 7.83. The molecule has 50 valence electrons. The highest BCUT2D eigenvalue weighted by Crippen LogP contribution is 1.76. The molecule has 5 nitrogen and oxygen atoms in total. The molecular formula is C4H4O5. The summed E-state index contributed by atoms with van der Waals surface area (Å²) in [6.07, 6.45) is 0. The number of hydrogen-bond acceptors (Lipinski definition) is 4. The van der Waals surface area contributed by atoms with E-state index in [1.54, 1.807) is 0 Å². The molecule has 0 unspecified atom stereocenters. The minimum Gasteiger partial charge on any atom is -0.475 e. The summed E-state index contributed by atoms with van der Waals surface area (Å²) in [7, 11) is 0.934. The fourth-order valence-corrected chi connectivity index (χ4v) is 0.180. The van der Waals surface area contributed by atoms with Gasteiger partial charge in [-0.3, -0.25) is 4.79 Å². The van der Waals surface area contributed by atoms with Gasteiger partial charge in [0.25, 0.3) is 0 Å². The van der Waals surface area contributed by atoms with Crippen molar-refractivity contribution in [2.24, 2.45) is 0 Å². The third-order valence-corrected chi connectivity index (χ3v) is 0.565. The summed E-state index contributed by atoms with van der Waals surface area (Å²) >= 11 is 0. The third kappa shape index (κ3) is 1.89. The molecule has 0 rings (SSSR count). The van der Waals surface area contributed by atoms with Crippen molar-refractivity contribution in [1.82, 2.24) is 0 Å². The first kappa shape index (κ1) is 7.61. The molecule has 0 aromatic heterocycles. The maximum atomic E-state index is 10.0. The molecule has 0 fully saturated rings. The normalized spacial score (nSPS) is 8.11. The lowest BCUT2D eigenvalue weighted by Crippen LogP contribution is -2.24. The van der Waals surface area contributed by atoms with Crippen LogP contribution in [0.2, 0.25) is 0 Å². The van der Waals surface area contributed by atoms with E-state index in [0.717, 1.165) is 7.11 Å². The summed E-state index contributed by atoms with van der Waals surface area (Å²) in [5.41, 5.74) is 0. The Labute approximate surface area is 50.2 Å². The molecule has 0 saturated carbocycles. The van der Waals surface area contributed by atoms with Crippen LogP contribution in [0.3, 0.4) is 0 Å². The SMILES string of the molecule is COC(=O)C(=O)C(=O)O. The minimum atomic E-state index is -1.80. The second-order valence-corrected chi connectivity index (χ2v) is 1.13. The van der Waals surface area contributed by atoms with Crippen LogP contribution in [-0.4, -0.2) is 29.9 Å². The van der Waals surface area contributed by atoms with E-state index >= 15 is 0 Å². The van der Waals surface area contributed by atoms with E-state index < -0.39 is 17.7 Å². The molecular weight excluding hydrogens is 128 g/mol. The molecule has 0 heterocycles. The number of ketones is 1. The molecule has 0 aliphatic heterocycles. The van der Waals surface area contributed by atoms with Gasteiger partial charge in [0.2, 0.25) is 0 Å². The van der Waals surface area contributed by atoms with Gasteiger partial charge in [0.05, 0.1) is 7.11 Å². The van der Waals surface area contributed by atoms with Crippen LogP contribution < -0.4 is 0 Å². The standard InChI is InChI=1S/C4H4O5/c1-9-4(8)2(5)3(6)7/h1H3,(H,6,7). The number of esters is 1. The summed E-state index contributed by atoms with van der Waals surface area (Å²) in [4.78, 5) is 29.6. The molecule has 0 aromatic carbocycles. The average molecular weight is 132 g/mol. The van der Waals surface area contributed by atoms with Crippen LogP contribution >= 0.6 is 0 Å². The van der Waals surface area contributed by atoms with Crippen LogP contribution in [0.5, 0.6) is 0 Å². The summed E-state index contributed by atoms with van der Waals surface area (Å²) in [5.74, 6) is -4.72. The zero-order chi connectivity index (χ0) is 7.44. The molecule has 0 aliphatic carbocycles. The van der Waals surface area contributed by atoms with Gasteiger partial charge in [-0.2, -0.15) is 0 Å². The Kier molecular flexibility index (Phi) is 2.37. The van der Waals surface area contributed by atoms with Crippen molar-refractivity contribution in [2.45, 2.75) is 0 Å². The molecule has 9 heavy (non-hydrogen) atoms. The average Bonchev–Trinajstić information content (AvgIpc) is 1.84. The number of ether oxygens (including phenoxy) is 1. The number of hydrogen-bond donors (Lipinski definition) is 1. The van der Waals surface area contributed by atoms with E-state index in [0.29, 0.717) is 0 Å².